The highest BCUT2D eigenvalue weighted by molar-refractivity contribution is 6.02. The summed E-state index contributed by atoms with van der Waals surface area (Å²) in [5.41, 5.74) is 6.02. The maximum atomic E-state index is 12.9. The van der Waals surface area contributed by atoms with Crippen molar-refractivity contribution in [1.29, 1.82) is 0 Å². The Morgan fingerprint density at radius 2 is 1.61 bits per heavy atom. The molecule has 1 rings (SSSR count). The van der Waals surface area contributed by atoms with E-state index in [4.69, 9.17) is 10.8 Å². The van der Waals surface area contributed by atoms with Gasteiger partial charge in [-0.15, -0.1) is 0 Å². The average Bonchev–Trinajstić information content (AvgIpc) is 2.60. The van der Waals surface area contributed by atoms with Crippen LogP contribution in [-0.2, 0) is 19.2 Å². The van der Waals surface area contributed by atoms with Gasteiger partial charge < -0.3 is 20.8 Å². The first-order chi connectivity index (χ1) is 13.0. The Bertz CT molecular complexity index is 707. The monoisotopic (exact) mass is 393 g/mol. The van der Waals surface area contributed by atoms with Crippen molar-refractivity contribution >= 4 is 29.4 Å². The van der Waals surface area contributed by atoms with Crippen LogP contribution < -0.4 is 16.0 Å². The quantitative estimate of drug-likeness (QED) is 0.456. The molecule has 0 radical (unpaired) electrons. The van der Waals surface area contributed by atoms with Crippen LogP contribution in [0.1, 0.15) is 33.6 Å². The van der Waals surface area contributed by atoms with E-state index in [-0.39, 0.29) is 12.3 Å². The number of nitrogens with two attached hydrogens (primary N) is 1. The highest BCUT2D eigenvalue weighted by Gasteiger charge is 2.35. The second-order valence-corrected chi connectivity index (χ2v) is 6.96. The number of benzene rings is 1. The first kappa shape index (κ1) is 23.1. The van der Waals surface area contributed by atoms with Gasteiger partial charge in [0, 0.05) is 5.69 Å². The largest absolute Gasteiger partial charge is 0.481 e. The lowest BCUT2D eigenvalue weighted by Crippen LogP contribution is -2.56. The number of hydrogen-bond donors (Lipinski definition) is 4. The Kier molecular flexibility index (Phi) is 8.59. The molecule has 154 valence electrons. The summed E-state index contributed by atoms with van der Waals surface area (Å²) >= 11 is 0. The molecule has 0 aromatic heterocycles. The van der Waals surface area contributed by atoms with Gasteiger partial charge in [-0.25, -0.2) is 4.79 Å². The molecule has 9 nitrogen and oxygen atoms in total. The molecule has 28 heavy (non-hydrogen) atoms. The summed E-state index contributed by atoms with van der Waals surface area (Å²) < 4.78 is 0. The Labute approximate surface area is 163 Å². The maximum absolute atomic E-state index is 12.9. The van der Waals surface area contributed by atoms with Crippen LogP contribution in [0.2, 0.25) is 0 Å². The molecule has 0 saturated carbocycles. The number of amides is 2. The summed E-state index contributed by atoms with van der Waals surface area (Å²) in [7, 11) is 0. The zero-order valence-electron chi connectivity index (χ0n) is 16.2. The number of nitrogens with zero attached hydrogens (tertiary/aromatic N) is 1. The smallest absolute Gasteiger partial charge is 0.326 e. The van der Waals surface area contributed by atoms with Gasteiger partial charge >= 0.3 is 11.9 Å². The second kappa shape index (κ2) is 10.4. The van der Waals surface area contributed by atoms with Crippen LogP contribution in [0.15, 0.2) is 30.3 Å². The zero-order chi connectivity index (χ0) is 21.4. The number of carbonyl (C=O) groups is 4. The Hall–Kier alpha value is -2.94. The molecule has 0 fully saturated rings. The van der Waals surface area contributed by atoms with E-state index in [1.807, 2.05) is 13.8 Å². The minimum Gasteiger partial charge on any atom is -0.481 e. The van der Waals surface area contributed by atoms with Gasteiger partial charge in [0.1, 0.15) is 12.1 Å². The molecule has 0 saturated heterocycles. The second-order valence-electron chi connectivity index (χ2n) is 6.96. The fourth-order valence-electron chi connectivity index (χ4n) is 2.76. The normalized spacial score (nSPS) is 14.0. The molecular formula is C19H27N3O6. The van der Waals surface area contributed by atoms with Gasteiger partial charge in [-0.05, 0) is 31.4 Å². The van der Waals surface area contributed by atoms with Gasteiger partial charge in [-0.3, -0.25) is 19.7 Å². The van der Waals surface area contributed by atoms with Crippen LogP contribution in [-0.4, -0.2) is 52.1 Å². The topological polar surface area (TPSA) is 150 Å². The molecule has 1 aromatic rings. The molecule has 0 aliphatic heterocycles. The number of rotatable bonds is 10. The third-order valence-electron chi connectivity index (χ3n) is 4.14. The van der Waals surface area contributed by atoms with Crippen molar-refractivity contribution in [2.75, 3.05) is 4.90 Å². The third kappa shape index (κ3) is 6.66. The van der Waals surface area contributed by atoms with Gasteiger partial charge in [-0.1, -0.05) is 32.0 Å². The summed E-state index contributed by atoms with van der Waals surface area (Å²) in [6, 6.07) is 5.16. The lowest BCUT2D eigenvalue weighted by atomic mass is 9.99. The summed E-state index contributed by atoms with van der Waals surface area (Å²) in [5.74, 6) is -4.02. The van der Waals surface area contributed by atoms with Gasteiger partial charge in [0.25, 0.3) is 0 Å². The number of para-hydroxylation sites is 1. The molecule has 9 heteroatoms. The number of aliphatic carboxylic acids is 2. The Morgan fingerprint density at radius 1 is 1.04 bits per heavy atom. The first-order valence-electron chi connectivity index (χ1n) is 8.92. The van der Waals surface area contributed by atoms with E-state index in [9.17, 15) is 24.3 Å². The highest BCUT2D eigenvalue weighted by atomic mass is 16.4. The highest BCUT2D eigenvalue weighted by Crippen LogP contribution is 2.24. The van der Waals surface area contributed by atoms with E-state index in [0.29, 0.717) is 5.69 Å². The first-order valence-corrected chi connectivity index (χ1v) is 8.92. The van der Waals surface area contributed by atoms with Gasteiger partial charge in [0.05, 0.1) is 12.5 Å². The van der Waals surface area contributed by atoms with Crippen molar-refractivity contribution in [1.82, 2.24) is 5.32 Å². The lowest BCUT2D eigenvalue weighted by molar-refractivity contribution is -0.141. The maximum Gasteiger partial charge on any atom is 0.326 e. The van der Waals surface area contributed by atoms with Crippen LogP contribution in [0.3, 0.4) is 0 Å². The molecule has 1 aromatic carbocycles. The van der Waals surface area contributed by atoms with Crippen LogP contribution in [0.25, 0.3) is 0 Å². The van der Waals surface area contributed by atoms with Crippen LogP contribution in [0.5, 0.6) is 0 Å². The van der Waals surface area contributed by atoms with Crippen LogP contribution in [0.4, 0.5) is 5.69 Å². The van der Waals surface area contributed by atoms with E-state index in [1.54, 1.807) is 30.3 Å². The van der Waals surface area contributed by atoms with E-state index >= 15 is 0 Å². The van der Waals surface area contributed by atoms with E-state index in [0.717, 1.165) is 0 Å². The summed E-state index contributed by atoms with van der Waals surface area (Å²) in [4.78, 5) is 48.7. The van der Waals surface area contributed by atoms with Crippen LogP contribution >= 0.6 is 0 Å². The molecule has 0 bridgehead atoms. The molecule has 5 N–H and O–H groups in total. The summed E-state index contributed by atoms with van der Waals surface area (Å²) in [6.07, 6.45) is -0.346. The standard InChI is InChI=1S/C19H27N3O6/c1-11(2)9-15(18(26)21-17(25)14(20)10-16(23)24)22(12(3)19(27)28)13-7-5-4-6-8-13/h4-8,11-12,14-15H,9-10,20H2,1-3H3,(H,23,24)(H,27,28)(H,21,25,26)/t12-,14+,15+/m1/s1. The van der Waals surface area contributed by atoms with Crippen molar-refractivity contribution in [2.24, 2.45) is 11.7 Å². The van der Waals surface area contributed by atoms with Crippen molar-refractivity contribution in [2.45, 2.75) is 51.7 Å². The van der Waals surface area contributed by atoms with E-state index < -0.39 is 48.3 Å². The minimum absolute atomic E-state index is 0.0192. The average molecular weight is 393 g/mol. The predicted molar refractivity (Wildman–Crippen MR) is 103 cm³/mol. The SMILES string of the molecule is CC(C)C[C@@H](C(=O)NC(=O)[C@@H](N)CC(=O)O)N(c1ccccc1)[C@H](C)C(=O)O. The molecule has 0 spiro atoms. The molecular weight excluding hydrogens is 366 g/mol. The number of anilines is 1. The van der Waals surface area contributed by atoms with Gasteiger partial charge in [-0.2, -0.15) is 0 Å². The lowest BCUT2D eigenvalue weighted by Gasteiger charge is -2.36. The fourth-order valence-corrected chi connectivity index (χ4v) is 2.76. The fraction of sp³-hybridized carbons (Fsp3) is 0.474. The minimum atomic E-state index is -1.39. The predicted octanol–water partition coefficient (Wildman–Crippen LogP) is 0.826. The van der Waals surface area contributed by atoms with E-state index in [2.05, 4.69) is 5.32 Å². The third-order valence-corrected chi connectivity index (χ3v) is 4.14. The van der Waals surface area contributed by atoms with Gasteiger partial charge in [0.15, 0.2) is 0 Å². The molecule has 0 heterocycles. The molecule has 3 atom stereocenters. The number of carbonyl (C=O) groups excluding carboxylic acids is 2. The summed E-state index contributed by atoms with van der Waals surface area (Å²) in [5, 5.41) is 20.4. The molecule has 0 unspecified atom stereocenters. The van der Waals surface area contributed by atoms with Crippen molar-refractivity contribution in [3.63, 3.8) is 0 Å². The number of carboxylic acids is 2. The van der Waals surface area contributed by atoms with Crippen molar-refractivity contribution in [3.05, 3.63) is 30.3 Å². The number of carboxylic acid groups (broad SMARTS) is 2. The van der Waals surface area contributed by atoms with Crippen molar-refractivity contribution in [3.8, 4) is 0 Å². The molecule has 0 aliphatic carbocycles. The van der Waals surface area contributed by atoms with Crippen LogP contribution in [0, 0.1) is 5.92 Å². The number of imide groups is 1. The van der Waals surface area contributed by atoms with E-state index in [1.165, 1.54) is 11.8 Å². The van der Waals surface area contributed by atoms with Crippen molar-refractivity contribution < 1.29 is 29.4 Å². The Balaban J connectivity index is 3.20. The Morgan fingerprint density at radius 3 is 2.07 bits per heavy atom. The molecule has 2 amide bonds. The zero-order valence-corrected chi connectivity index (χ0v) is 16.2. The summed E-state index contributed by atoms with van der Waals surface area (Å²) in [6.45, 7) is 5.19. The van der Waals surface area contributed by atoms with Gasteiger partial charge in [0.2, 0.25) is 11.8 Å². The number of nitrogens with one attached hydrogen (secondary N) is 1. The number of hydrogen-bond acceptors (Lipinski definition) is 6. The molecule has 0 aliphatic rings.